The van der Waals surface area contributed by atoms with E-state index in [0.29, 0.717) is 5.56 Å². The summed E-state index contributed by atoms with van der Waals surface area (Å²) in [6.07, 6.45) is -5.17. The Bertz CT molecular complexity index is 549. The molecule has 0 spiro atoms. The van der Waals surface area contributed by atoms with Crippen LogP contribution in [0.3, 0.4) is 0 Å². The third-order valence-corrected chi connectivity index (χ3v) is 2.56. The Morgan fingerprint density at radius 3 is 2.13 bits per heavy atom. The number of ether oxygens (including phenoxy) is 1. The van der Waals surface area contributed by atoms with Gasteiger partial charge in [0.25, 0.3) is 0 Å². The predicted molar refractivity (Wildman–Crippen MR) is 77.9 cm³/mol. The van der Waals surface area contributed by atoms with Crippen molar-refractivity contribution < 1.29 is 27.5 Å². The quantitative estimate of drug-likeness (QED) is 0.642. The van der Waals surface area contributed by atoms with Gasteiger partial charge in [0.05, 0.1) is 6.54 Å². The van der Waals surface area contributed by atoms with Crippen molar-refractivity contribution in [1.82, 2.24) is 10.6 Å². The average Bonchev–Trinajstić information content (AvgIpc) is 2.40. The molecule has 0 saturated carbocycles. The molecule has 23 heavy (non-hydrogen) atoms. The lowest BCUT2D eigenvalue weighted by Gasteiger charge is -2.19. The standard InChI is InChI=1S/C15H19F3N2O3/c1-14(2,3)23-13(22)19-8-10-4-6-11(7-5-10)12(21)9-20-15(16,17)18/h4-7,20H,8-9H2,1-3H3,(H,19,22). The zero-order chi connectivity index (χ0) is 17.7. The number of amides is 1. The molecule has 0 aliphatic rings. The van der Waals surface area contributed by atoms with Gasteiger partial charge in [0.15, 0.2) is 5.78 Å². The number of alkyl carbamates (subject to hydrolysis) is 1. The van der Waals surface area contributed by atoms with Gasteiger partial charge in [0.1, 0.15) is 5.60 Å². The van der Waals surface area contributed by atoms with E-state index in [4.69, 9.17) is 4.74 Å². The number of carbonyl (C=O) groups excluding carboxylic acids is 2. The Kier molecular flexibility index (Phi) is 6.14. The predicted octanol–water partition coefficient (Wildman–Crippen LogP) is 3.00. The first-order chi connectivity index (χ1) is 10.5. The second-order valence-electron chi connectivity index (χ2n) is 5.83. The number of hydrogen-bond acceptors (Lipinski definition) is 4. The van der Waals surface area contributed by atoms with Crippen LogP contribution in [0.2, 0.25) is 0 Å². The summed E-state index contributed by atoms with van der Waals surface area (Å²) in [5, 5.41) is 3.72. The van der Waals surface area contributed by atoms with Gasteiger partial charge in [-0.05, 0) is 26.3 Å². The molecule has 128 valence electrons. The van der Waals surface area contributed by atoms with Crippen LogP contribution in [-0.2, 0) is 11.3 Å². The molecular weight excluding hydrogens is 313 g/mol. The van der Waals surface area contributed by atoms with E-state index in [0.717, 1.165) is 0 Å². The van der Waals surface area contributed by atoms with E-state index in [-0.39, 0.29) is 12.1 Å². The van der Waals surface area contributed by atoms with E-state index in [9.17, 15) is 22.8 Å². The zero-order valence-electron chi connectivity index (χ0n) is 13.1. The number of halogens is 3. The fourth-order valence-electron chi connectivity index (χ4n) is 1.58. The molecule has 2 N–H and O–H groups in total. The number of ketones is 1. The van der Waals surface area contributed by atoms with Gasteiger partial charge in [-0.1, -0.05) is 24.3 Å². The van der Waals surface area contributed by atoms with Crippen molar-refractivity contribution in [2.75, 3.05) is 6.54 Å². The SMILES string of the molecule is CC(C)(C)OC(=O)NCc1ccc(C(=O)CNC(F)(F)F)cc1. The molecule has 0 bridgehead atoms. The number of alkyl halides is 3. The summed E-state index contributed by atoms with van der Waals surface area (Å²) in [6.45, 7) is 4.58. The lowest BCUT2D eigenvalue weighted by Crippen LogP contribution is -2.35. The average molecular weight is 332 g/mol. The van der Waals surface area contributed by atoms with Crippen LogP contribution < -0.4 is 10.6 Å². The Morgan fingerprint density at radius 2 is 1.65 bits per heavy atom. The van der Waals surface area contributed by atoms with Crippen LogP contribution in [0.15, 0.2) is 24.3 Å². The Balaban J connectivity index is 2.50. The van der Waals surface area contributed by atoms with Gasteiger partial charge in [-0.15, -0.1) is 0 Å². The summed E-state index contributed by atoms with van der Waals surface area (Å²) in [7, 11) is 0. The summed E-state index contributed by atoms with van der Waals surface area (Å²) >= 11 is 0. The van der Waals surface area contributed by atoms with Gasteiger partial charge < -0.3 is 10.1 Å². The molecule has 0 aliphatic carbocycles. The van der Waals surface area contributed by atoms with Crippen molar-refractivity contribution in [2.24, 2.45) is 0 Å². The van der Waals surface area contributed by atoms with E-state index >= 15 is 0 Å². The molecule has 0 unspecified atom stereocenters. The van der Waals surface area contributed by atoms with Crippen molar-refractivity contribution in [2.45, 2.75) is 39.2 Å². The normalized spacial score (nSPS) is 11.9. The summed E-state index contributed by atoms with van der Waals surface area (Å²) in [5.74, 6) is -0.672. The van der Waals surface area contributed by atoms with Gasteiger partial charge in [-0.25, -0.2) is 10.1 Å². The molecule has 0 radical (unpaired) electrons. The Morgan fingerprint density at radius 1 is 1.09 bits per heavy atom. The van der Waals surface area contributed by atoms with Gasteiger partial charge in [0.2, 0.25) is 0 Å². The molecule has 1 amide bonds. The number of Topliss-reactive ketones (excluding diaryl/α,β-unsaturated/α-hetero) is 1. The molecule has 1 rings (SSSR count). The van der Waals surface area contributed by atoms with E-state index < -0.39 is 30.3 Å². The van der Waals surface area contributed by atoms with Crippen LogP contribution in [0.5, 0.6) is 0 Å². The Hall–Kier alpha value is -2.09. The van der Waals surface area contributed by atoms with E-state index in [1.165, 1.54) is 17.4 Å². The first-order valence-electron chi connectivity index (χ1n) is 6.87. The summed E-state index contributed by atoms with van der Waals surface area (Å²) in [6, 6.07) is 5.93. The molecule has 0 fully saturated rings. The smallest absolute Gasteiger partial charge is 0.444 e. The maximum atomic E-state index is 12.0. The third-order valence-electron chi connectivity index (χ3n) is 2.56. The minimum Gasteiger partial charge on any atom is -0.444 e. The van der Waals surface area contributed by atoms with Crippen LogP contribution in [0.1, 0.15) is 36.7 Å². The Labute approximate surface area is 132 Å². The second kappa shape index (κ2) is 7.45. The van der Waals surface area contributed by atoms with E-state index in [1.807, 2.05) is 0 Å². The van der Waals surface area contributed by atoms with Gasteiger partial charge in [-0.3, -0.25) is 4.79 Å². The van der Waals surface area contributed by atoms with Crippen LogP contribution in [0, 0.1) is 0 Å². The molecule has 1 aromatic rings. The number of nitrogens with one attached hydrogen (secondary N) is 2. The maximum absolute atomic E-state index is 12.0. The minimum atomic E-state index is -4.59. The highest BCUT2D eigenvalue weighted by molar-refractivity contribution is 5.97. The second-order valence-corrected chi connectivity index (χ2v) is 5.83. The third kappa shape index (κ3) is 8.20. The van der Waals surface area contributed by atoms with Crippen LogP contribution in [-0.4, -0.2) is 30.3 Å². The minimum absolute atomic E-state index is 0.155. The molecule has 0 aromatic heterocycles. The number of hydrogen-bond donors (Lipinski definition) is 2. The van der Waals surface area contributed by atoms with Crippen LogP contribution in [0.4, 0.5) is 18.0 Å². The molecule has 5 nitrogen and oxygen atoms in total. The summed E-state index contributed by atoms with van der Waals surface area (Å²) in [4.78, 5) is 23.1. The first-order valence-corrected chi connectivity index (χ1v) is 6.87. The lowest BCUT2D eigenvalue weighted by atomic mass is 10.1. The highest BCUT2D eigenvalue weighted by atomic mass is 19.4. The molecule has 1 aromatic carbocycles. The van der Waals surface area contributed by atoms with Crippen molar-refractivity contribution in [3.8, 4) is 0 Å². The molecule has 0 aliphatic heterocycles. The molecule has 0 saturated heterocycles. The van der Waals surface area contributed by atoms with Gasteiger partial charge in [0, 0.05) is 12.1 Å². The summed E-state index contributed by atoms with van der Waals surface area (Å²) < 4.78 is 41.0. The fourth-order valence-corrected chi connectivity index (χ4v) is 1.58. The van der Waals surface area contributed by atoms with Crippen molar-refractivity contribution in [3.05, 3.63) is 35.4 Å². The molecule has 8 heteroatoms. The van der Waals surface area contributed by atoms with Gasteiger partial charge in [-0.2, -0.15) is 13.2 Å². The van der Waals surface area contributed by atoms with E-state index in [1.54, 1.807) is 32.9 Å². The zero-order valence-corrected chi connectivity index (χ0v) is 13.1. The van der Waals surface area contributed by atoms with Gasteiger partial charge >= 0.3 is 12.4 Å². The fraction of sp³-hybridized carbons (Fsp3) is 0.467. The molecular formula is C15H19F3N2O3. The first kappa shape index (κ1) is 19.0. The van der Waals surface area contributed by atoms with Crippen LogP contribution >= 0.6 is 0 Å². The van der Waals surface area contributed by atoms with Crippen molar-refractivity contribution in [3.63, 3.8) is 0 Å². The number of carbonyl (C=O) groups is 2. The number of rotatable bonds is 5. The van der Waals surface area contributed by atoms with Crippen LogP contribution in [0.25, 0.3) is 0 Å². The largest absolute Gasteiger partial charge is 0.457 e. The van der Waals surface area contributed by atoms with Crippen molar-refractivity contribution >= 4 is 11.9 Å². The number of benzene rings is 1. The summed E-state index contributed by atoms with van der Waals surface area (Å²) in [5.41, 5.74) is 0.241. The van der Waals surface area contributed by atoms with E-state index in [2.05, 4.69) is 5.32 Å². The highest BCUT2D eigenvalue weighted by Gasteiger charge is 2.27. The lowest BCUT2D eigenvalue weighted by molar-refractivity contribution is -0.154. The highest BCUT2D eigenvalue weighted by Crippen LogP contribution is 2.11. The topological polar surface area (TPSA) is 67.4 Å². The monoisotopic (exact) mass is 332 g/mol. The maximum Gasteiger partial charge on any atom is 0.457 e. The molecule has 0 atom stereocenters. The van der Waals surface area contributed by atoms with Crippen molar-refractivity contribution in [1.29, 1.82) is 0 Å². The molecule has 0 heterocycles.